The van der Waals surface area contributed by atoms with Gasteiger partial charge in [-0.15, -0.1) is 0 Å². The predicted molar refractivity (Wildman–Crippen MR) is 77.9 cm³/mol. The maximum Gasteiger partial charge on any atom is 0.240 e. The number of hydrogen-bond donors (Lipinski definition) is 1. The lowest BCUT2D eigenvalue weighted by atomic mass is 10.1. The van der Waals surface area contributed by atoms with Crippen molar-refractivity contribution in [3.63, 3.8) is 0 Å². The van der Waals surface area contributed by atoms with Gasteiger partial charge in [0, 0.05) is 25.5 Å². The zero-order chi connectivity index (χ0) is 15.3. The minimum absolute atomic E-state index is 0.179. The number of rotatable bonds is 6. The van der Waals surface area contributed by atoms with Crippen LogP contribution in [0, 0.1) is 18.3 Å². The largest absolute Gasteiger partial charge is 0.273 e. The van der Waals surface area contributed by atoms with E-state index < -0.39 is 10.0 Å². The summed E-state index contributed by atoms with van der Waals surface area (Å²) in [5, 5.41) is 12.9. The Labute approximate surface area is 124 Å². The van der Waals surface area contributed by atoms with Crippen LogP contribution >= 0.6 is 0 Å². The number of benzene rings is 1. The number of aryl methyl sites for hydroxylation is 2. The standard InChI is InChI=1S/C14H16N4O2S/c1-12-10-14(5-4-13(12)11-15)21(19,20)17-7-3-9-18-8-2-6-16-18/h2,4-6,8,10,17H,3,7,9H2,1H3. The maximum atomic E-state index is 12.1. The van der Waals surface area contributed by atoms with E-state index in [9.17, 15) is 8.42 Å². The molecular formula is C14H16N4O2S. The fraction of sp³-hybridized carbons (Fsp3) is 0.286. The van der Waals surface area contributed by atoms with E-state index in [0.717, 1.165) is 0 Å². The molecule has 6 nitrogen and oxygen atoms in total. The van der Waals surface area contributed by atoms with Gasteiger partial charge in [0.25, 0.3) is 0 Å². The summed E-state index contributed by atoms with van der Waals surface area (Å²) < 4.78 is 28.6. The molecule has 2 rings (SSSR count). The van der Waals surface area contributed by atoms with Crippen molar-refractivity contribution in [2.24, 2.45) is 0 Å². The van der Waals surface area contributed by atoms with Crippen LogP contribution in [0.4, 0.5) is 0 Å². The lowest BCUT2D eigenvalue weighted by Crippen LogP contribution is -2.25. The molecule has 0 fully saturated rings. The molecule has 0 spiro atoms. The van der Waals surface area contributed by atoms with Crippen LogP contribution in [0.5, 0.6) is 0 Å². The summed E-state index contributed by atoms with van der Waals surface area (Å²) in [5.74, 6) is 0. The zero-order valence-electron chi connectivity index (χ0n) is 11.7. The van der Waals surface area contributed by atoms with Crippen LogP contribution in [0.1, 0.15) is 17.5 Å². The SMILES string of the molecule is Cc1cc(S(=O)(=O)NCCCn2cccn2)ccc1C#N. The Bertz CT molecular complexity index is 746. The molecule has 0 aliphatic carbocycles. The molecule has 1 N–H and O–H groups in total. The van der Waals surface area contributed by atoms with E-state index in [2.05, 4.69) is 9.82 Å². The van der Waals surface area contributed by atoms with Gasteiger partial charge in [0.15, 0.2) is 0 Å². The summed E-state index contributed by atoms with van der Waals surface area (Å²) in [4.78, 5) is 0.179. The first kappa shape index (κ1) is 15.2. The number of nitrogens with one attached hydrogen (secondary N) is 1. The van der Waals surface area contributed by atoms with Crippen molar-refractivity contribution in [1.29, 1.82) is 5.26 Å². The van der Waals surface area contributed by atoms with E-state index in [4.69, 9.17) is 5.26 Å². The number of sulfonamides is 1. The molecule has 110 valence electrons. The van der Waals surface area contributed by atoms with E-state index in [0.29, 0.717) is 30.6 Å². The second-order valence-corrected chi connectivity index (χ2v) is 6.38. The van der Waals surface area contributed by atoms with Crippen molar-refractivity contribution >= 4 is 10.0 Å². The summed E-state index contributed by atoms with van der Waals surface area (Å²) in [6.45, 7) is 2.71. The number of nitrogens with zero attached hydrogens (tertiary/aromatic N) is 3. The molecule has 0 atom stereocenters. The van der Waals surface area contributed by atoms with Gasteiger partial charge in [0.2, 0.25) is 10.0 Å². The molecule has 0 aliphatic heterocycles. The van der Waals surface area contributed by atoms with Gasteiger partial charge in [-0.25, -0.2) is 13.1 Å². The second-order valence-electron chi connectivity index (χ2n) is 4.61. The van der Waals surface area contributed by atoms with Gasteiger partial charge in [-0.1, -0.05) is 0 Å². The van der Waals surface area contributed by atoms with Gasteiger partial charge in [-0.2, -0.15) is 10.4 Å². The van der Waals surface area contributed by atoms with E-state index in [1.54, 1.807) is 17.8 Å². The average molecular weight is 304 g/mol. The van der Waals surface area contributed by atoms with Crippen molar-refractivity contribution in [2.45, 2.75) is 24.8 Å². The number of hydrogen-bond acceptors (Lipinski definition) is 4. The van der Waals surface area contributed by atoms with Crippen LogP contribution in [0.15, 0.2) is 41.6 Å². The van der Waals surface area contributed by atoms with Gasteiger partial charge in [0.1, 0.15) is 0 Å². The van der Waals surface area contributed by atoms with Gasteiger partial charge in [-0.3, -0.25) is 4.68 Å². The molecule has 0 unspecified atom stereocenters. The normalized spacial score (nSPS) is 11.2. The highest BCUT2D eigenvalue weighted by Crippen LogP contribution is 2.14. The Hall–Kier alpha value is -2.17. The van der Waals surface area contributed by atoms with Crippen LogP contribution in [0.3, 0.4) is 0 Å². The highest BCUT2D eigenvalue weighted by atomic mass is 32.2. The first-order valence-corrected chi connectivity index (χ1v) is 7.99. The van der Waals surface area contributed by atoms with E-state index in [1.807, 2.05) is 18.3 Å². The third-order valence-electron chi connectivity index (χ3n) is 3.04. The van der Waals surface area contributed by atoms with Crippen molar-refractivity contribution in [3.8, 4) is 6.07 Å². The first-order valence-electron chi connectivity index (χ1n) is 6.51. The monoisotopic (exact) mass is 304 g/mol. The second kappa shape index (κ2) is 6.52. The smallest absolute Gasteiger partial charge is 0.240 e. The molecule has 1 heterocycles. The topological polar surface area (TPSA) is 87.8 Å². The van der Waals surface area contributed by atoms with Crippen LogP contribution in [-0.4, -0.2) is 24.7 Å². The van der Waals surface area contributed by atoms with Crippen LogP contribution in [0.25, 0.3) is 0 Å². The molecule has 0 amide bonds. The lowest BCUT2D eigenvalue weighted by molar-refractivity contribution is 0.553. The van der Waals surface area contributed by atoms with Gasteiger partial charge < -0.3 is 0 Å². The Morgan fingerprint density at radius 1 is 1.43 bits per heavy atom. The van der Waals surface area contributed by atoms with Crippen LogP contribution < -0.4 is 4.72 Å². The summed E-state index contributed by atoms with van der Waals surface area (Å²) in [5.41, 5.74) is 1.13. The van der Waals surface area contributed by atoms with Crippen molar-refractivity contribution in [2.75, 3.05) is 6.54 Å². The molecular weight excluding hydrogens is 288 g/mol. The number of nitriles is 1. The summed E-state index contributed by atoms with van der Waals surface area (Å²) in [6, 6.07) is 8.32. The highest BCUT2D eigenvalue weighted by Gasteiger charge is 2.14. The molecule has 1 aromatic carbocycles. The maximum absolute atomic E-state index is 12.1. The van der Waals surface area contributed by atoms with Crippen molar-refractivity contribution in [3.05, 3.63) is 47.8 Å². The third kappa shape index (κ3) is 3.90. The van der Waals surface area contributed by atoms with Gasteiger partial charge in [0.05, 0.1) is 16.5 Å². The lowest BCUT2D eigenvalue weighted by Gasteiger charge is -2.08. The summed E-state index contributed by atoms with van der Waals surface area (Å²) in [7, 11) is -3.54. The molecule has 2 aromatic rings. The summed E-state index contributed by atoms with van der Waals surface area (Å²) in [6.07, 6.45) is 4.17. The fourth-order valence-electron chi connectivity index (χ4n) is 1.89. The molecule has 0 saturated heterocycles. The Morgan fingerprint density at radius 3 is 2.86 bits per heavy atom. The fourth-order valence-corrected chi connectivity index (χ4v) is 3.05. The third-order valence-corrected chi connectivity index (χ3v) is 4.50. The van der Waals surface area contributed by atoms with E-state index in [-0.39, 0.29) is 4.90 Å². The van der Waals surface area contributed by atoms with Crippen LogP contribution in [-0.2, 0) is 16.6 Å². The quantitative estimate of drug-likeness (QED) is 0.818. The number of aromatic nitrogens is 2. The molecule has 21 heavy (non-hydrogen) atoms. The van der Waals surface area contributed by atoms with Gasteiger partial charge in [-0.05, 0) is 43.2 Å². The van der Waals surface area contributed by atoms with Crippen LogP contribution in [0.2, 0.25) is 0 Å². The van der Waals surface area contributed by atoms with Crippen molar-refractivity contribution < 1.29 is 8.42 Å². The molecule has 0 saturated carbocycles. The highest BCUT2D eigenvalue weighted by molar-refractivity contribution is 7.89. The minimum Gasteiger partial charge on any atom is -0.273 e. The first-order chi connectivity index (χ1) is 10.0. The van der Waals surface area contributed by atoms with E-state index >= 15 is 0 Å². The summed E-state index contributed by atoms with van der Waals surface area (Å²) >= 11 is 0. The molecule has 0 bridgehead atoms. The zero-order valence-corrected chi connectivity index (χ0v) is 12.5. The average Bonchev–Trinajstić information content (AvgIpc) is 2.97. The van der Waals surface area contributed by atoms with Gasteiger partial charge >= 0.3 is 0 Å². The van der Waals surface area contributed by atoms with Crippen molar-refractivity contribution in [1.82, 2.24) is 14.5 Å². The Balaban J connectivity index is 1.95. The minimum atomic E-state index is -3.54. The predicted octanol–water partition coefficient (Wildman–Crippen LogP) is 1.43. The molecule has 0 radical (unpaired) electrons. The molecule has 1 aromatic heterocycles. The van der Waals surface area contributed by atoms with E-state index in [1.165, 1.54) is 18.2 Å². The molecule has 7 heteroatoms. The Morgan fingerprint density at radius 2 is 2.24 bits per heavy atom. The Kier molecular flexibility index (Phi) is 4.73. The molecule has 0 aliphatic rings.